The lowest BCUT2D eigenvalue weighted by molar-refractivity contribution is -0.114. The average molecular weight is 485 g/mol. The van der Waals surface area contributed by atoms with Crippen LogP contribution in [0.25, 0.3) is 0 Å². The number of carbonyl (C=O) groups is 1. The Kier molecular flexibility index (Phi) is 8.01. The van der Waals surface area contributed by atoms with Crippen molar-refractivity contribution in [3.05, 3.63) is 72.3 Å². The van der Waals surface area contributed by atoms with Gasteiger partial charge in [-0.25, -0.2) is 8.42 Å². The molecule has 0 fully saturated rings. The van der Waals surface area contributed by atoms with Gasteiger partial charge in [0, 0.05) is 17.8 Å². The molecule has 0 heterocycles. The van der Waals surface area contributed by atoms with Crippen molar-refractivity contribution in [3.8, 4) is 17.2 Å². The molecule has 3 aromatic carbocycles. The van der Waals surface area contributed by atoms with E-state index in [1.807, 2.05) is 13.8 Å². The molecule has 34 heavy (non-hydrogen) atoms. The highest BCUT2D eigenvalue weighted by molar-refractivity contribution is 7.92. The van der Waals surface area contributed by atoms with Crippen molar-refractivity contribution in [1.82, 2.24) is 0 Å². The minimum atomic E-state index is -4.12. The van der Waals surface area contributed by atoms with Gasteiger partial charge in [0.15, 0.2) is 11.5 Å². The highest BCUT2D eigenvalue weighted by Crippen LogP contribution is 2.32. The van der Waals surface area contributed by atoms with E-state index in [-0.39, 0.29) is 10.6 Å². The summed E-state index contributed by atoms with van der Waals surface area (Å²) < 4.78 is 44.3. The molecule has 0 unspecified atom stereocenters. The molecule has 0 saturated heterocycles. The molecule has 0 aliphatic carbocycles. The highest BCUT2D eigenvalue weighted by Gasteiger charge is 2.28. The van der Waals surface area contributed by atoms with Gasteiger partial charge in [0.2, 0.25) is 5.91 Å². The maximum Gasteiger partial charge on any atom is 0.264 e. The van der Waals surface area contributed by atoms with E-state index in [4.69, 9.17) is 14.2 Å². The van der Waals surface area contributed by atoms with Gasteiger partial charge in [-0.05, 0) is 50.2 Å². The second kappa shape index (κ2) is 10.9. The van der Waals surface area contributed by atoms with Crippen molar-refractivity contribution in [3.63, 3.8) is 0 Å². The fourth-order valence-corrected chi connectivity index (χ4v) is 4.73. The standard InChI is InChI=1S/C25H28N2O6S/c1-5-33-21-8-6-7-19(15-21)26-25(28)17-27(20-11-9-18(2)10-12-20)34(29,30)22-13-14-23(31-3)24(16-22)32-4/h6-16H,5,17H2,1-4H3,(H,26,28). The Bertz CT molecular complexity index is 1240. The van der Waals surface area contributed by atoms with E-state index in [1.165, 1.54) is 32.4 Å². The van der Waals surface area contributed by atoms with Gasteiger partial charge in [-0.15, -0.1) is 0 Å². The molecule has 0 bridgehead atoms. The average Bonchev–Trinajstić information content (AvgIpc) is 2.83. The van der Waals surface area contributed by atoms with E-state index in [2.05, 4.69) is 5.32 Å². The number of aryl methyl sites for hydroxylation is 1. The van der Waals surface area contributed by atoms with Crippen LogP contribution in [0.4, 0.5) is 11.4 Å². The van der Waals surface area contributed by atoms with E-state index >= 15 is 0 Å². The topological polar surface area (TPSA) is 94.2 Å². The van der Waals surface area contributed by atoms with Gasteiger partial charge in [0.25, 0.3) is 10.0 Å². The summed E-state index contributed by atoms with van der Waals surface area (Å²) in [6.45, 7) is 3.82. The Morgan fingerprint density at radius 2 is 1.65 bits per heavy atom. The number of hydrogen-bond acceptors (Lipinski definition) is 6. The van der Waals surface area contributed by atoms with Crippen LogP contribution < -0.4 is 23.8 Å². The van der Waals surface area contributed by atoms with E-state index in [9.17, 15) is 13.2 Å². The lowest BCUT2D eigenvalue weighted by atomic mass is 10.2. The molecule has 180 valence electrons. The molecule has 1 amide bonds. The number of amides is 1. The second-order valence-corrected chi connectivity index (χ2v) is 9.24. The maximum absolute atomic E-state index is 13.6. The number of nitrogens with zero attached hydrogens (tertiary/aromatic N) is 1. The van der Waals surface area contributed by atoms with E-state index in [1.54, 1.807) is 48.5 Å². The zero-order valence-corrected chi connectivity index (χ0v) is 20.4. The lowest BCUT2D eigenvalue weighted by Crippen LogP contribution is -2.38. The Balaban J connectivity index is 1.95. The first-order valence-electron chi connectivity index (χ1n) is 10.6. The molecule has 3 aromatic rings. The molecule has 0 spiro atoms. The predicted molar refractivity (Wildman–Crippen MR) is 131 cm³/mol. The molecule has 0 aliphatic heterocycles. The number of rotatable bonds is 10. The van der Waals surface area contributed by atoms with Crippen LogP contribution in [-0.4, -0.2) is 41.7 Å². The van der Waals surface area contributed by atoms with Crippen LogP contribution in [0, 0.1) is 6.92 Å². The first kappa shape index (κ1) is 24.9. The fraction of sp³-hybridized carbons (Fsp3) is 0.240. The first-order chi connectivity index (χ1) is 16.3. The summed E-state index contributed by atoms with van der Waals surface area (Å²) in [5.74, 6) is 0.770. The van der Waals surface area contributed by atoms with Crippen LogP contribution in [-0.2, 0) is 14.8 Å². The highest BCUT2D eigenvalue weighted by atomic mass is 32.2. The molecule has 3 rings (SSSR count). The third-order valence-electron chi connectivity index (χ3n) is 4.98. The van der Waals surface area contributed by atoms with Gasteiger partial charge in [-0.3, -0.25) is 9.10 Å². The van der Waals surface area contributed by atoms with Gasteiger partial charge in [-0.1, -0.05) is 23.8 Å². The van der Waals surface area contributed by atoms with Crippen molar-refractivity contribution >= 4 is 27.3 Å². The Morgan fingerprint density at radius 1 is 0.941 bits per heavy atom. The van der Waals surface area contributed by atoms with Gasteiger partial charge >= 0.3 is 0 Å². The summed E-state index contributed by atoms with van der Waals surface area (Å²) in [4.78, 5) is 12.9. The number of sulfonamides is 1. The molecule has 0 aromatic heterocycles. The fourth-order valence-electron chi connectivity index (χ4n) is 3.29. The van der Waals surface area contributed by atoms with Crippen molar-refractivity contribution in [1.29, 1.82) is 0 Å². The minimum Gasteiger partial charge on any atom is -0.494 e. The number of nitrogens with one attached hydrogen (secondary N) is 1. The zero-order chi connectivity index (χ0) is 24.7. The number of carbonyl (C=O) groups excluding carboxylic acids is 1. The summed E-state index contributed by atoms with van der Waals surface area (Å²) in [6.07, 6.45) is 0. The Hall–Kier alpha value is -3.72. The molecule has 0 radical (unpaired) electrons. The van der Waals surface area contributed by atoms with E-state index in [0.29, 0.717) is 29.5 Å². The first-order valence-corrected chi connectivity index (χ1v) is 12.1. The van der Waals surface area contributed by atoms with Crippen LogP contribution in [0.2, 0.25) is 0 Å². The van der Waals surface area contributed by atoms with Crippen LogP contribution in [0.3, 0.4) is 0 Å². The van der Waals surface area contributed by atoms with Crippen molar-refractivity contribution in [2.75, 3.05) is 37.0 Å². The number of benzene rings is 3. The smallest absolute Gasteiger partial charge is 0.264 e. The normalized spacial score (nSPS) is 10.9. The number of methoxy groups -OCH3 is 2. The Labute approximate surface area is 200 Å². The van der Waals surface area contributed by atoms with Crippen molar-refractivity contribution < 1.29 is 27.4 Å². The van der Waals surface area contributed by atoms with Gasteiger partial charge in [0.1, 0.15) is 12.3 Å². The van der Waals surface area contributed by atoms with E-state index < -0.39 is 22.5 Å². The van der Waals surface area contributed by atoms with Gasteiger partial charge in [-0.2, -0.15) is 0 Å². The second-order valence-electron chi connectivity index (χ2n) is 7.37. The van der Waals surface area contributed by atoms with Crippen LogP contribution >= 0.6 is 0 Å². The number of anilines is 2. The van der Waals surface area contributed by atoms with Gasteiger partial charge in [0.05, 0.1) is 31.4 Å². The molecule has 0 saturated carbocycles. The van der Waals surface area contributed by atoms with E-state index in [0.717, 1.165) is 9.87 Å². The lowest BCUT2D eigenvalue weighted by Gasteiger charge is -2.24. The molecule has 8 nitrogen and oxygen atoms in total. The minimum absolute atomic E-state index is 0.0307. The van der Waals surface area contributed by atoms with Crippen LogP contribution in [0.5, 0.6) is 17.2 Å². The SMILES string of the molecule is CCOc1cccc(NC(=O)CN(c2ccc(C)cc2)S(=O)(=O)c2ccc(OC)c(OC)c2)c1. The quantitative estimate of drug-likeness (QED) is 0.463. The third kappa shape index (κ3) is 5.79. The summed E-state index contributed by atoms with van der Waals surface area (Å²) in [7, 11) is -1.22. The zero-order valence-electron chi connectivity index (χ0n) is 19.6. The monoisotopic (exact) mass is 484 g/mol. The Morgan fingerprint density at radius 3 is 2.29 bits per heavy atom. The largest absolute Gasteiger partial charge is 0.494 e. The predicted octanol–water partition coefficient (Wildman–Crippen LogP) is 4.24. The molecule has 1 N–H and O–H groups in total. The maximum atomic E-state index is 13.6. The summed E-state index contributed by atoms with van der Waals surface area (Å²) in [5, 5.41) is 2.75. The van der Waals surface area contributed by atoms with Crippen LogP contribution in [0.15, 0.2) is 71.6 Å². The van der Waals surface area contributed by atoms with Crippen molar-refractivity contribution in [2.24, 2.45) is 0 Å². The van der Waals surface area contributed by atoms with Crippen molar-refractivity contribution in [2.45, 2.75) is 18.7 Å². The number of ether oxygens (including phenoxy) is 3. The summed E-state index contributed by atoms with van der Waals surface area (Å²) in [6, 6.07) is 18.1. The molecular formula is C25H28N2O6S. The summed E-state index contributed by atoms with van der Waals surface area (Å²) in [5.41, 5.74) is 1.83. The molecular weight excluding hydrogens is 456 g/mol. The van der Waals surface area contributed by atoms with Gasteiger partial charge < -0.3 is 19.5 Å². The number of hydrogen-bond donors (Lipinski definition) is 1. The molecule has 0 aliphatic rings. The summed E-state index contributed by atoms with van der Waals surface area (Å²) >= 11 is 0. The van der Waals surface area contributed by atoms with Crippen LogP contribution in [0.1, 0.15) is 12.5 Å². The molecule has 0 atom stereocenters. The molecule has 9 heteroatoms. The third-order valence-corrected chi connectivity index (χ3v) is 6.75.